The van der Waals surface area contributed by atoms with Crippen LogP contribution in [0.5, 0.6) is 0 Å². The fourth-order valence-electron chi connectivity index (χ4n) is 6.12. The fourth-order valence-corrected chi connectivity index (χ4v) is 6.12. The third-order valence-electron chi connectivity index (χ3n) is 9.80. The Bertz CT molecular complexity index is 1350. The molecule has 0 aliphatic carbocycles. The third-order valence-corrected chi connectivity index (χ3v) is 9.80. The lowest BCUT2D eigenvalue weighted by atomic mass is 10.1. The highest BCUT2D eigenvalue weighted by atomic mass is 16.6. The van der Waals surface area contributed by atoms with E-state index in [2.05, 4.69) is 130 Å². The molecule has 0 aromatic carbocycles. The van der Waals surface area contributed by atoms with Gasteiger partial charge in [-0.2, -0.15) is 0 Å². The van der Waals surface area contributed by atoms with Gasteiger partial charge >= 0.3 is 17.9 Å². The van der Waals surface area contributed by atoms with Gasteiger partial charge in [0.15, 0.2) is 6.10 Å². The second kappa shape index (κ2) is 49.5. The van der Waals surface area contributed by atoms with Gasteiger partial charge in [-0.05, 0) is 89.9 Å². The Kier molecular flexibility index (Phi) is 46.1. The predicted octanol–water partition coefficient (Wildman–Crippen LogP) is 16.1. The van der Waals surface area contributed by atoms with Crippen molar-refractivity contribution in [1.82, 2.24) is 0 Å². The van der Waals surface area contributed by atoms with Gasteiger partial charge in [0.05, 0.1) is 6.42 Å². The number of unbranched alkanes of at least 4 members (excludes halogenated alkanes) is 15. The Morgan fingerprint density at radius 1 is 0.371 bits per heavy atom. The lowest BCUT2D eigenvalue weighted by Crippen LogP contribution is -2.30. The zero-order valence-electron chi connectivity index (χ0n) is 39.6. The summed E-state index contributed by atoms with van der Waals surface area (Å²) in [5.41, 5.74) is 0. The predicted molar refractivity (Wildman–Crippen MR) is 265 cm³/mol. The van der Waals surface area contributed by atoms with Gasteiger partial charge in [0.2, 0.25) is 0 Å². The largest absolute Gasteiger partial charge is 0.462 e. The fraction of sp³-hybridized carbons (Fsp3) is 0.589. The topological polar surface area (TPSA) is 78.9 Å². The van der Waals surface area contributed by atoms with Crippen LogP contribution in [0.2, 0.25) is 0 Å². The summed E-state index contributed by atoms with van der Waals surface area (Å²) in [7, 11) is 0. The smallest absolute Gasteiger partial charge is 0.309 e. The van der Waals surface area contributed by atoms with Gasteiger partial charge < -0.3 is 14.2 Å². The van der Waals surface area contributed by atoms with Crippen LogP contribution in [-0.4, -0.2) is 37.2 Å². The van der Waals surface area contributed by atoms with Crippen molar-refractivity contribution in [3.63, 3.8) is 0 Å². The maximum atomic E-state index is 12.7. The van der Waals surface area contributed by atoms with Crippen molar-refractivity contribution in [2.24, 2.45) is 0 Å². The number of ether oxygens (including phenoxy) is 3. The molecular formula is C56H88O6. The summed E-state index contributed by atoms with van der Waals surface area (Å²) < 4.78 is 16.6. The van der Waals surface area contributed by atoms with Crippen LogP contribution < -0.4 is 0 Å². The van der Waals surface area contributed by atoms with E-state index in [1.54, 1.807) is 6.08 Å². The Morgan fingerprint density at radius 3 is 1.35 bits per heavy atom. The monoisotopic (exact) mass is 857 g/mol. The first-order valence-electron chi connectivity index (χ1n) is 24.6. The van der Waals surface area contributed by atoms with Crippen molar-refractivity contribution >= 4 is 17.9 Å². The van der Waals surface area contributed by atoms with Gasteiger partial charge in [-0.25, -0.2) is 0 Å². The molecule has 0 radical (unpaired) electrons. The summed E-state index contributed by atoms with van der Waals surface area (Å²) in [5, 5.41) is 0. The first-order valence-corrected chi connectivity index (χ1v) is 24.6. The van der Waals surface area contributed by atoms with Crippen molar-refractivity contribution in [1.29, 1.82) is 0 Å². The molecule has 348 valence electrons. The van der Waals surface area contributed by atoms with Crippen molar-refractivity contribution < 1.29 is 28.6 Å². The van der Waals surface area contributed by atoms with E-state index in [0.717, 1.165) is 83.5 Å². The minimum absolute atomic E-state index is 0.115. The number of carbonyl (C=O) groups excluding carboxylic acids is 3. The highest BCUT2D eigenvalue weighted by Gasteiger charge is 2.19. The Morgan fingerprint density at radius 2 is 0.774 bits per heavy atom. The summed E-state index contributed by atoms with van der Waals surface area (Å²) >= 11 is 0. The van der Waals surface area contributed by atoms with E-state index in [1.807, 2.05) is 6.08 Å². The van der Waals surface area contributed by atoms with Gasteiger partial charge in [-0.15, -0.1) is 0 Å². The number of hydrogen-bond donors (Lipinski definition) is 0. The summed E-state index contributed by atoms with van der Waals surface area (Å²) in [6, 6.07) is 0. The molecule has 0 bridgehead atoms. The normalized spacial score (nSPS) is 13.1. The number of rotatable bonds is 42. The van der Waals surface area contributed by atoms with Crippen molar-refractivity contribution in [3.8, 4) is 0 Å². The second-order valence-electron chi connectivity index (χ2n) is 15.7. The van der Waals surface area contributed by atoms with E-state index in [0.29, 0.717) is 12.8 Å². The molecule has 1 atom stereocenters. The van der Waals surface area contributed by atoms with E-state index >= 15 is 0 Å². The molecule has 0 amide bonds. The molecule has 6 nitrogen and oxygen atoms in total. The molecule has 62 heavy (non-hydrogen) atoms. The summed E-state index contributed by atoms with van der Waals surface area (Å²) in [6.45, 7) is 6.29. The molecule has 0 spiro atoms. The van der Waals surface area contributed by atoms with Crippen LogP contribution in [0.25, 0.3) is 0 Å². The number of hydrogen-bond acceptors (Lipinski definition) is 6. The second-order valence-corrected chi connectivity index (χ2v) is 15.7. The molecule has 0 N–H and O–H groups in total. The van der Waals surface area contributed by atoms with Crippen LogP contribution in [0.4, 0.5) is 0 Å². The molecule has 0 aromatic rings. The Balaban J connectivity index is 4.55. The van der Waals surface area contributed by atoms with Gasteiger partial charge in [0.25, 0.3) is 0 Å². The molecule has 6 heteroatoms. The maximum Gasteiger partial charge on any atom is 0.309 e. The molecule has 0 aliphatic rings. The lowest BCUT2D eigenvalue weighted by Gasteiger charge is -2.18. The molecular weight excluding hydrogens is 769 g/mol. The summed E-state index contributed by atoms with van der Waals surface area (Å²) in [5.74, 6) is -1.16. The summed E-state index contributed by atoms with van der Waals surface area (Å²) in [4.78, 5) is 37.7. The Hall–Kier alpha value is -4.19. The quantitative estimate of drug-likeness (QED) is 0.0200. The van der Waals surface area contributed by atoms with Crippen LogP contribution in [0, 0.1) is 0 Å². The van der Waals surface area contributed by atoms with Crippen LogP contribution in [0.15, 0.2) is 122 Å². The van der Waals surface area contributed by atoms with Crippen molar-refractivity contribution in [3.05, 3.63) is 122 Å². The highest BCUT2D eigenvalue weighted by Crippen LogP contribution is 2.11. The Labute approximate surface area is 380 Å². The van der Waals surface area contributed by atoms with Gasteiger partial charge in [0.1, 0.15) is 13.2 Å². The number of carbonyl (C=O) groups is 3. The van der Waals surface area contributed by atoms with Crippen molar-refractivity contribution in [2.75, 3.05) is 13.2 Å². The van der Waals surface area contributed by atoms with Crippen LogP contribution in [-0.2, 0) is 28.6 Å². The van der Waals surface area contributed by atoms with Gasteiger partial charge in [0, 0.05) is 12.8 Å². The van der Waals surface area contributed by atoms with Crippen LogP contribution in [0.3, 0.4) is 0 Å². The zero-order valence-corrected chi connectivity index (χ0v) is 39.6. The molecule has 0 heterocycles. The molecule has 0 saturated carbocycles. The molecule has 0 aliphatic heterocycles. The first-order chi connectivity index (χ1) is 30.5. The minimum atomic E-state index is -0.852. The van der Waals surface area contributed by atoms with E-state index < -0.39 is 18.0 Å². The standard InChI is InChI=1S/C56H88O6/c1-4-7-10-13-16-19-21-23-25-27-29-30-32-34-37-40-43-46-49-55(58)61-52-53(51-60-54(57)48-45-42-39-36-18-15-12-9-6-3)62-56(59)50-47-44-41-38-35-33-31-28-26-24-22-20-17-14-11-8-5-2/h9,12,16,18-19,21,23-27,29-31,33,36,38,41-42,45,53H,4-8,10-11,13-15,17,20,22,28,32,34-35,37,39-40,43-44,46-52H2,1-3H3/b12-9-,19-16-,23-21-,26-24-,27-25-,30-29-,33-31-,36-18-,41-38-,45-42-. The molecule has 0 rings (SSSR count). The average Bonchev–Trinajstić information content (AvgIpc) is 3.27. The SMILES string of the molecule is CC/C=C\C/C=C\C/C=C\CC(=O)OCC(COC(=O)CCCCCCC\C=C/C=C\C=C/C=C\CCCCC)OC(=O)CCC/C=C\C/C=C\C/C=C\CCCCCCCC. The highest BCUT2D eigenvalue weighted by molar-refractivity contribution is 5.72. The van der Waals surface area contributed by atoms with Gasteiger partial charge in [-0.1, -0.05) is 206 Å². The van der Waals surface area contributed by atoms with E-state index in [1.165, 1.54) is 64.2 Å². The maximum absolute atomic E-state index is 12.7. The molecule has 0 aromatic heterocycles. The molecule has 1 unspecified atom stereocenters. The van der Waals surface area contributed by atoms with E-state index in [4.69, 9.17) is 14.2 Å². The minimum Gasteiger partial charge on any atom is -0.462 e. The van der Waals surface area contributed by atoms with E-state index in [-0.39, 0.29) is 32.0 Å². The van der Waals surface area contributed by atoms with Crippen molar-refractivity contribution in [2.45, 2.75) is 200 Å². The number of esters is 3. The number of allylic oxidation sites excluding steroid dienone is 19. The lowest BCUT2D eigenvalue weighted by molar-refractivity contribution is -0.166. The van der Waals surface area contributed by atoms with Crippen LogP contribution >= 0.6 is 0 Å². The molecule has 0 saturated heterocycles. The first kappa shape index (κ1) is 57.8. The van der Waals surface area contributed by atoms with Gasteiger partial charge in [-0.3, -0.25) is 14.4 Å². The zero-order chi connectivity index (χ0) is 45.1. The third kappa shape index (κ3) is 46.9. The molecule has 0 fully saturated rings. The summed E-state index contributed by atoms with van der Waals surface area (Å²) in [6.07, 6.45) is 67.9. The van der Waals surface area contributed by atoms with Crippen LogP contribution in [0.1, 0.15) is 194 Å². The average molecular weight is 857 g/mol. The van der Waals surface area contributed by atoms with E-state index in [9.17, 15) is 14.4 Å².